The Morgan fingerprint density at radius 1 is 1.27 bits per heavy atom. The predicted molar refractivity (Wildman–Crippen MR) is 90.4 cm³/mol. The lowest BCUT2D eigenvalue weighted by Gasteiger charge is -2.36. The van der Waals surface area contributed by atoms with Crippen molar-refractivity contribution in [1.29, 1.82) is 0 Å². The Bertz CT molecular complexity index is 427. The third-order valence-corrected chi connectivity index (χ3v) is 5.17. The lowest BCUT2D eigenvalue weighted by molar-refractivity contribution is -0.735. The monoisotopic (exact) mass is 307 g/mol. The van der Waals surface area contributed by atoms with Gasteiger partial charge in [0.15, 0.2) is 6.73 Å². The molecular weight excluding hydrogens is 272 g/mol. The summed E-state index contributed by atoms with van der Waals surface area (Å²) in [6.45, 7) is 11.1. The van der Waals surface area contributed by atoms with Crippen LogP contribution < -0.4 is 4.57 Å². The van der Waals surface area contributed by atoms with Gasteiger partial charge in [0.05, 0.1) is 12.6 Å². The van der Waals surface area contributed by atoms with Gasteiger partial charge in [0.2, 0.25) is 6.33 Å². The molecule has 1 aromatic rings. The minimum absolute atomic E-state index is 0.430. The fourth-order valence-corrected chi connectivity index (χ4v) is 3.68. The van der Waals surface area contributed by atoms with Gasteiger partial charge in [-0.25, -0.2) is 9.13 Å². The van der Waals surface area contributed by atoms with Crippen molar-refractivity contribution in [3.8, 4) is 0 Å². The van der Waals surface area contributed by atoms with Crippen molar-refractivity contribution >= 4 is 0 Å². The first-order valence-electron chi connectivity index (χ1n) is 9.26. The van der Waals surface area contributed by atoms with E-state index >= 15 is 0 Å². The molecular formula is C19H35N2O+. The SMILES string of the molecule is CCCCCn1cc[n+](CO[C@@H]2C[C@H](C)CC[C@H]2C(C)C)c1. The molecule has 0 radical (unpaired) electrons. The summed E-state index contributed by atoms with van der Waals surface area (Å²) < 4.78 is 10.8. The first-order chi connectivity index (χ1) is 10.6. The summed E-state index contributed by atoms with van der Waals surface area (Å²) in [7, 11) is 0. The Morgan fingerprint density at radius 2 is 2.09 bits per heavy atom. The maximum Gasteiger partial charge on any atom is 0.245 e. The molecule has 0 aliphatic heterocycles. The summed E-state index contributed by atoms with van der Waals surface area (Å²) in [5, 5.41) is 0. The molecule has 1 aromatic heterocycles. The van der Waals surface area contributed by atoms with E-state index in [2.05, 4.69) is 55.6 Å². The van der Waals surface area contributed by atoms with Crippen LogP contribution in [0.25, 0.3) is 0 Å². The smallest absolute Gasteiger partial charge is 0.245 e. The van der Waals surface area contributed by atoms with E-state index in [-0.39, 0.29) is 0 Å². The normalized spacial score (nSPS) is 25.8. The minimum Gasteiger partial charge on any atom is -0.338 e. The maximum absolute atomic E-state index is 6.30. The summed E-state index contributed by atoms with van der Waals surface area (Å²) in [5.74, 6) is 2.26. The molecule has 3 heteroatoms. The van der Waals surface area contributed by atoms with Gasteiger partial charge >= 0.3 is 0 Å². The van der Waals surface area contributed by atoms with Gasteiger partial charge in [0, 0.05) is 0 Å². The van der Waals surface area contributed by atoms with Crippen LogP contribution in [0, 0.1) is 17.8 Å². The number of unbranched alkanes of at least 4 members (excludes halogenated alkanes) is 2. The Hall–Kier alpha value is -0.830. The Balaban J connectivity index is 1.82. The molecule has 0 unspecified atom stereocenters. The van der Waals surface area contributed by atoms with Gasteiger partial charge < -0.3 is 4.74 Å². The van der Waals surface area contributed by atoms with Gasteiger partial charge in [-0.15, -0.1) is 0 Å². The zero-order valence-corrected chi connectivity index (χ0v) is 15.0. The lowest BCUT2D eigenvalue weighted by atomic mass is 9.75. The average Bonchev–Trinajstić information content (AvgIpc) is 2.93. The predicted octanol–water partition coefficient (Wildman–Crippen LogP) is 4.40. The highest BCUT2D eigenvalue weighted by atomic mass is 16.5. The fourth-order valence-electron chi connectivity index (χ4n) is 3.68. The second kappa shape index (κ2) is 8.71. The van der Waals surface area contributed by atoms with Crippen LogP contribution in [0.15, 0.2) is 18.7 Å². The van der Waals surface area contributed by atoms with Crippen molar-refractivity contribution in [3.05, 3.63) is 18.7 Å². The molecule has 1 heterocycles. The van der Waals surface area contributed by atoms with E-state index in [1.54, 1.807) is 0 Å². The first-order valence-corrected chi connectivity index (χ1v) is 9.26. The fraction of sp³-hybridized carbons (Fsp3) is 0.842. The number of hydrogen-bond donors (Lipinski definition) is 0. The van der Waals surface area contributed by atoms with Crippen molar-refractivity contribution < 1.29 is 9.30 Å². The highest BCUT2D eigenvalue weighted by molar-refractivity contribution is 4.80. The molecule has 0 N–H and O–H groups in total. The maximum atomic E-state index is 6.30. The van der Waals surface area contributed by atoms with Crippen LogP contribution >= 0.6 is 0 Å². The van der Waals surface area contributed by atoms with Crippen molar-refractivity contribution in [1.82, 2.24) is 4.57 Å². The van der Waals surface area contributed by atoms with E-state index in [4.69, 9.17) is 4.74 Å². The molecule has 0 saturated heterocycles. The van der Waals surface area contributed by atoms with Crippen LogP contribution in [-0.2, 0) is 18.0 Å². The highest BCUT2D eigenvalue weighted by Gasteiger charge is 2.31. The highest BCUT2D eigenvalue weighted by Crippen LogP contribution is 2.35. The number of imidazole rings is 1. The molecule has 1 saturated carbocycles. The van der Waals surface area contributed by atoms with Crippen LogP contribution in [-0.4, -0.2) is 10.7 Å². The van der Waals surface area contributed by atoms with Gasteiger partial charge in [-0.05, 0) is 43.4 Å². The van der Waals surface area contributed by atoms with Gasteiger partial charge in [-0.1, -0.05) is 40.5 Å². The van der Waals surface area contributed by atoms with Gasteiger partial charge in [0.25, 0.3) is 0 Å². The molecule has 1 aliphatic rings. The van der Waals surface area contributed by atoms with E-state index in [9.17, 15) is 0 Å². The largest absolute Gasteiger partial charge is 0.338 e. The third-order valence-electron chi connectivity index (χ3n) is 5.17. The van der Waals surface area contributed by atoms with Crippen molar-refractivity contribution in [3.63, 3.8) is 0 Å². The van der Waals surface area contributed by atoms with Gasteiger partial charge in [0.1, 0.15) is 12.4 Å². The quantitative estimate of drug-likeness (QED) is 0.514. The molecule has 0 bridgehead atoms. The summed E-state index contributed by atoms with van der Waals surface area (Å²) in [6, 6.07) is 0. The van der Waals surface area contributed by atoms with E-state index < -0.39 is 0 Å². The van der Waals surface area contributed by atoms with Crippen LogP contribution in [0.4, 0.5) is 0 Å². The van der Waals surface area contributed by atoms with Crippen LogP contribution in [0.3, 0.4) is 0 Å². The topological polar surface area (TPSA) is 18.0 Å². The van der Waals surface area contributed by atoms with Crippen molar-refractivity contribution in [2.24, 2.45) is 17.8 Å². The van der Waals surface area contributed by atoms with E-state index in [1.807, 2.05) is 0 Å². The zero-order chi connectivity index (χ0) is 15.9. The molecule has 0 aromatic carbocycles. The molecule has 126 valence electrons. The Kier molecular flexibility index (Phi) is 6.94. The Morgan fingerprint density at radius 3 is 2.82 bits per heavy atom. The molecule has 22 heavy (non-hydrogen) atoms. The number of aromatic nitrogens is 2. The van der Waals surface area contributed by atoms with Crippen molar-refractivity contribution in [2.45, 2.75) is 85.6 Å². The second-order valence-corrected chi connectivity index (χ2v) is 7.53. The number of nitrogens with zero attached hydrogens (tertiary/aromatic N) is 2. The minimum atomic E-state index is 0.430. The van der Waals surface area contributed by atoms with E-state index in [0.29, 0.717) is 12.8 Å². The molecule has 0 amide bonds. The molecule has 3 nitrogen and oxygen atoms in total. The van der Waals surface area contributed by atoms with E-state index in [0.717, 1.165) is 24.3 Å². The Labute approximate surface area is 136 Å². The summed E-state index contributed by atoms with van der Waals surface area (Å²) in [5.41, 5.74) is 0. The standard InChI is InChI=1S/C19H35N2O/c1-5-6-7-10-20-11-12-21(14-20)15-22-19-13-17(4)8-9-18(19)16(2)3/h11-12,14,16-19H,5-10,13,15H2,1-4H3/q+1/t17-,18+,19-/m1/s1. The lowest BCUT2D eigenvalue weighted by Crippen LogP contribution is -2.40. The molecule has 0 spiro atoms. The van der Waals surface area contributed by atoms with Gasteiger partial charge in [-0.2, -0.15) is 0 Å². The summed E-state index contributed by atoms with van der Waals surface area (Å²) >= 11 is 0. The molecule has 1 fully saturated rings. The second-order valence-electron chi connectivity index (χ2n) is 7.53. The first kappa shape index (κ1) is 17.5. The number of ether oxygens (including phenoxy) is 1. The molecule has 1 aliphatic carbocycles. The van der Waals surface area contributed by atoms with Crippen molar-refractivity contribution in [2.75, 3.05) is 0 Å². The third kappa shape index (κ3) is 5.12. The van der Waals surface area contributed by atoms with Gasteiger partial charge in [-0.3, -0.25) is 0 Å². The summed E-state index contributed by atoms with van der Waals surface area (Å²) in [4.78, 5) is 0. The average molecular weight is 308 g/mol. The number of hydrogen-bond acceptors (Lipinski definition) is 1. The van der Waals surface area contributed by atoms with E-state index in [1.165, 1.54) is 38.5 Å². The number of aryl methyl sites for hydroxylation is 1. The zero-order valence-electron chi connectivity index (χ0n) is 15.0. The van der Waals surface area contributed by atoms with Crippen LogP contribution in [0.1, 0.15) is 66.2 Å². The van der Waals surface area contributed by atoms with Crippen LogP contribution in [0.2, 0.25) is 0 Å². The number of rotatable bonds is 8. The molecule has 2 rings (SSSR count). The molecule has 3 atom stereocenters. The summed E-state index contributed by atoms with van der Waals surface area (Å²) in [6.07, 6.45) is 14.7. The van der Waals surface area contributed by atoms with Crippen LogP contribution in [0.5, 0.6) is 0 Å².